The molecule has 0 heterocycles. The van der Waals surface area contributed by atoms with Gasteiger partial charge in [-0.25, -0.2) is 13.1 Å². The molecule has 1 saturated carbocycles. The first kappa shape index (κ1) is 17.2. The van der Waals surface area contributed by atoms with Gasteiger partial charge in [0.25, 0.3) is 0 Å². The highest BCUT2D eigenvalue weighted by molar-refractivity contribution is 7.89. The number of nitrogens with two attached hydrogens (primary N) is 1. The van der Waals surface area contributed by atoms with Crippen molar-refractivity contribution in [2.45, 2.75) is 24.2 Å². The Hall–Kier alpha value is -1.15. The summed E-state index contributed by atoms with van der Waals surface area (Å²) in [6.45, 7) is 2.45. The van der Waals surface area contributed by atoms with Gasteiger partial charge in [-0.15, -0.1) is 0 Å². The first-order valence-electron chi connectivity index (χ1n) is 7.62. The average Bonchev–Trinajstić information content (AvgIpc) is 3.33. The van der Waals surface area contributed by atoms with E-state index in [1.165, 1.54) is 12.8 Å². The van der Waals surface area contributed by atoms with Crippen LogP contribution < -0.4 is 15.2 Å². The third-order valence-electron chi connectivity index (χ3n) is 3.32. The first-order valence-corrected chi connectivity index (χ1v) is 9.10. The smallest absolute Gasteiger partial charge is 0.240 e. The molecular weight excluding hydrogens is 304 g/mol. The van der Waals surface area contributed by atoms with Crippen LogP contribution >= 0.6 is 0 Å². The van der Waals surface area contributed by atoms with Gasteiger partial charge in [-0.05, 0) is 37.3 Å². The van der Waals surface area contributed by atoms with Crippen LogP contribution in [-0.4, -0.2) is 41.3 Å². The highest BCUT2D eigenvalue weighted by atomic mass is 32.2. The lowest BCUT2D eigenvalue weighted by Crippen LogP contribution is -2.25. The van der Waals surface area contributed by atoms with Crippen LogP contribution in [0.1, 0.15) is 19.3 Å². The summed E-state index contributed by atoms with van der Waals surface area (Å²) < 4.78 is 37.8. The Balaban J connectivity index is 1.81. The summed E-state index contributed by atoms with van der Waals surface area (Å²) in [7, 11) is -3.51. The fourth-order valence-corrected chi connectivity index (χ4v) is 2.99. The van der Waals surface area contributed by atoms with Gasteiger partial charge in [0.05, 0.1) is 18.1 Å². The molecule has 22 heavy (non-hydrogen) atoms. The van der Waals surface area contributed by atoms with E-state index in [-0.39, 0.29) is 4.90 Å². The molecule has 7 heteroatoms. The topological polar surface area (TPSA) is 90.6 Å². The van der Waals surface area contributed by atoms with E-state index in [0.29, 0.717) is 51.0 Å². The lowest BCUT2D eigenvalue weighted by Gasteiger charge is -2.09. The number of hydrogen-bond acceptors (Lipinski definition) is 5. The van der Waals surface area contributed by atoms with Crippen molar-refractivity contribution < 1.29 is 17.9 Å². The Morgan fingerprint density at radius 3 is 2.82 bits per heavy atom. The number of ether oxygens (including phenoxy) is 2. The molecule has 1 aromatic rings. The largest absolute Gasteiger partial charge is 0.493 e. The van der Waals surface area contributed by atoms with Gasteiger partial charge in [0.2, 0.25) is 10.0 Å². The zero-order valence-electron chi connectivity index (χ0n) is 12.7. The van der Waals surface area contributed by atoms with E-state index in [2.05, 4.69) is 4.72 Å². The van der Waals surface area contributed by atoms with Crippen LogP contribution in [-0.2, 0) is 14.8 Å². The van der Waals surface area contributed by atoms with Crippen LogP contribution in [0.5, 0.6) is 5.75 Å². The summed E-state index contributed by atoms with van der Waals surface area (Å²) in [5.74, 6) is 1.23. The summed E-state index contributed by atoms with van der Waals surface area (Å²) in [6, 6.07) is 6.61. The zero-order valence-corrected chi connectivity index (χ0v) is 13.5. The second kappa shape index (κ2) is 8.47. The molecule has 2 rings (SSSR count). The third kappa shape index (κ3) is 5.92. The Morgan fingerprint density at radius 1 is 1.27 bits per heavy atom. The standard InChI is InChI=1S/C15H24N2O4S/c16-7-10-20-9-2-8-17-22(18,19)15-4-1-3-14(11-15)21-12-13-5-6-13/h1,3-4,11,13,17H,2,5-10,12,16H2. The van der Waals surface area contributed by atoms with Crippen LogP contribution in [0.3, 0.4) is 0 Å². The fraction of sp³-hybridized carbons (Fsp3) is 0.600. The second-order valence-corrected chi connectivity index (χ2v) is 7.15. The van der Waals surface area contributed by atoms with E-state index in [0.717, 1.165) is 0 Å². The summed E-state index contributed by atoms with van der Waals surface area (Å²) in [6.07, 6.45) is 3.01. The highest BCUT2D eigenvalue weighted by Crippen LogP contribution is 2.29. The molecule has 0 radical (unpaired) electrons. The van der Waals surface area contributed by atoms with Crippen molar-refractivity contribution in [1.29, 1.82) is 0 Å². The maximum atomic E-state index is 12.2. The van der Waals surface area contributed by atoms with Crippen LogP contribution in [0.25, 0.3) is 0 Å². The number of sulfonamides is 1. The van der Waals surface area contributed by atoms with Crippen LogP contribution in [0.15, 0.2) is 29.2 Å². The Kier molecular flexibility index (Phi) is 6.63. The number of nitrogens with one attached hydrogen (secondary N) is 1. The SMILES string of the molecule is NCCOCCCNS(=O)(=O)c1cccc(OCC2CC2)c1. The lowest BCUT2D eigenvalue weighted by molar-refractivity contribution is 0.140. The zero-order chi connectivity index (χ0) is 15.8. The number of hydrogen-bond donors (Lipinski definition) is 2. The van der Waals surface area contributed by atoms with Crippen molar-refractivity contribution in [2.24, 2.45) is 11.7 Å². The van der Waals surface area contributed by atoms with Crippen molar-refractivity contribution in [1.82, 2.24) is 4.72 Å². The van der Waals surface area contributed by atoms with E-state index in [4.69, 9.17) is 15.2 Å². The van der Waals surface area contributed by atoms with Gasteiger partial charge in [0.1, 0.15) is 5.75 Å². The normalized spacial score (nSPS) is 15.0. The van der Waals surface area contributed by atoms with Gasteiger partial charge < -0.3 is 15.2 Å². The van der Waals surface area contributed by atoms with Crippen LogP contribution in [0.4, 0.5) is 0 Å². The van der Waals surface area contributed by atoms with E-state index in [1.54, 1.807) is 24.3 Å². The maximum Gasteiger partial charge on any atom is 0.240 e. The summed E-state index contributed by atoms with van der Waals surface area (Å²) in [5, 5.41) is 0. The molecule has 1 aromatic carbocycles. The average molecular weight is 328 g/mol. The molecule has 0 spiro atoms. The van der Waals surface area contributed by atoms with E-state index < -0.39 is 10.0 Å². The predicted molar refractivity (Wildman–Crippen MR) is 84.3 cm³/mol. The molecule has 0 saturated heterocycles. The Labute approximate surface area is 132 Å². The van der Waals surface area contributed by atoms with Gasteiger partial charge >= 0.3 is 0 Å². The molecule has 0 atom stereocenters. The minimum atomic E-state index is -3.51. The van der Waals surface area contributed by atoms with Crippen molar-refractivity contribution in [3.05, 3.63) is 24.3 Å². The third-order valence-corrected chi connectivity index (χ3v) is 4.78. The quantitative estimate of drug-likeness (QED) is 0.594. The van der Waals surface area contributed by atoms with Crippen LogP contribution in [0, 0.1) is 5.92 Å². The number of rotatable bonds is 11. The van der Waals surface area contributed by atoms with Crippen molar-refractivity contribution in [3.63, 3.8) is 0 Å². The Bertz CT molecular complexity index is 558. The highest BCUT2D eigenvalue weighted by Gasteiger charge is 2.22. The maximum absolute atomic E-state index is 12.2. The van der Waals surface area contributed by atoms with E-state index >= 15 is 0 Å². The molecule has 0 bridgehead atoms. The lowest BCUT2D eigenvalue weighted by atomic mass is 10.3. The van der Waals surface area contributed by atoms with E-state index in [1.807, 2.05) is 0 Å². The molecule has 0 unspecified atom stereocenters. The minimum absolute atomic E-state index is 0.226. The number of benzene rings is 1. The minimum Gasteiger partial charge on any atom is -0.493 e. The fourth-order valence-electron chi connectivity index (χ4n) is 1.88. The van der Waals surface area contributed by atoms with Gasteiger partial charge in [-0.3, -0.25) is 0 Å². The van der Waals surface area contributed by atoms with Crippen molar-refractivity contribution >= 4 is 10.0 Å². The predicted octanol–water partition coefficient (Wildman–Crippen LogP) is 1.12. The van der Waals surface area contributed by atoms with E-state index in [9.17, 15) is 8.42 Å². The molecule has 0 amide bonds. The molecule has 1 aliphatic carbocycles. The van der Waals surface area contributed by atoms with Crippen LogP contribution in [0.2, 0.25) is 0 Å². The molecular formula is C15H24N2O4S. The molecule has 0 aliphatic heterocycles. The van der Waals surface area contributed by atoms with Gasteiger partial charge in [0.15, 0.2) is 0 Å². The first-order chi connectivity index (χ1) is 10.6. The molecule has 6 nitrogen and oxygen atoms in total. The summed E-state index contributed by atoms with van der Waals surface area (Å²) in [5.41, 5.74) is 5.30. The summed E-state index contributed by atoms with van der Waals surface area (Å²) in [4.78, 5) is 0.226. The molecule has 3 N–H and O–H groups in total. The van der Waals surface area contributed by atoms with Gasteiger partial charge in [-0.2, -0.15) is 0 Å². The summed E-state index contributed by atoms with van der Waals surface area (Å²) >= 11 is 0. The molecule has 0 aromatic heterocycles. The monoisotopic (exact) mass is 328 g/mol. The molecule has 1 fully saturated rings. The van der Waals surface area contributed by atoms with Gasteiger partial charge in [-0.1, -0.05) is 6.07 Å². The van der Waals surface area contributed by atoms with Crippen molar-refractivity contribution in [2.75, 3.05) is 32.9 Å². The Morgan fingerprint density at radius 2 is 2.09 bits per heavy atom. The molecule has 124 valence electrons. The van der Waals surface area contributed by atoms with Gasteiger partial charge in [0, 0.05) is 25.8 Å². The van der Waals surface area contributed by atoms with Crippen molar-refractivity contribution in [3.8, 4) is 5.75 Å². The second-order valence-electron chi connectivity index (χ2n) is 5.38. The molecule has 1 aliphatic rings.